The minimum absolute atomic E-state index is 0.0327. The van der Waals surface area contributed by atoms with Gasteiger partial charge in [-0.05, 0) is 13.8 Å². The maximum atomic E-state index is 11.5. The molecular weight excluding hydrogens is 184 g/mol. The third kappa shape index (κ3) is 2.31. The Bertz CT molecular complexity index is 286. The molecule has 1 rings (SSSR count). The zero-order valence-corrected chi connectivity index (χ0v) is 8.61. The first-order chi connectivity index (χ1) is 6.52. The molecule has 1 unspecified atom stereocenters. The van der Waals surface area contributed by atoms with Crippen molar-refractivity contribution in [2.45, 2.75) is 20.8 Å². The number of hydrogen-bond donors (Lipinski definition) is 0. The Balaban J connectivity index is 2.40. The van der Waals surface area contributed by atoms with E-state index in [1.54, 1.807) is 0 Å². The molecule has 1 heterocycles. The summed E-state index contributed by atoms with van der Waals surface area (Å²) in [6.45, 7) is 5.50. The summed E-state index contributed by atoms with van der Waals surface area (Å²) in [4.78, 5) is 21.9. The number of nitrogens with zero attached hydrogens (tertiary/aromatic N) is 2. The summed E-state index contributed by atoms with van der Waals surface area (Å²) in [5.74, 6) is -0.521. The summed E-state index contributed by atoms with van der Waals surface area (Å²) in [6, 6.07) is 0. The van der Waals surface area contributed by atoms with E-state index in [2.05, 4.69) is 5.10 Å². The molecule has 5 nitrogen and oxygen atoms in total. The SMILES string of the molecule is CC(=O)OCCN1N=C(C)C(C)C1=O. The van der Waals surface area contributed by atoms with Gasteiger partial charge in [-0.2, -0.15) is 5.10 Å². The van der Waals surface area contributed by atoms with E-state index in [4.69, 9.17) is 4.74 Å². The number of hydrogen-bond acceptors (Lipinski definition) is 4. The number of hydrazone groups is 1. The molecule has 5 heteroatoms. The van der Waals surface area contributed by atoms with E-state index in [0.717, 1.165) is 5.71 Å². The largest absolute Gasteiger partial charge is 0.464 e. The molecule has 0 aromatic heterocycles. The quantitative estimate of drug-likeness (QED) is 0.617. The van der Waals surface area contributed by atoms with Gasteiger partial charge in [-0.1, -0.05) is 0 Å². The third-order valence-electron chi connectivity index (χ3n) is 2.14. The van der Waals surface area contributed by atoms with Gasteiger partial charge in [0.05, 0.1) is 12.5 Å². The molecule has 1 aliphatic heterocycles. The number of carbonyl (C=O) groups is 2. The number of rotatable bonds is 3. The fourth-order valence-electron chi connectivity index (χ4n) is 1.16. The normalized spacial score (nSPS) is 21.1. The summed E-state index contributed by atoms with van der Waals surface area (Å²) in [6.07, 6.45) is 0. The van der Waals surface area contributed by atoms with E-state index < -0.39 is 0 Å². The number of carbonyl (C=O) groups excluding carboxylic acids is 2. The summed E-state index contributed by atoms with van der Waals surface area (Å²) < 4.78 is 4.72. The van der Waals surface area contributed by atoms with Crippen LogP contribution >= 0.6 is 0 Å². The van der Waals surface area contributed by atoms with Crippen molar-refractivity contribution in [1.29, 1.82) is 0 Å². The fraction of sp³-hybridized carbons (Fsp3) is 0.667. The average Bonchev–Trinajstić information content (AvgIpc) is 2.33. The maximum Gasteiger partial charge on any atom is 0.302 e. The van der Waals surface area contributed by atoms with Crippen LogP contribution in [0.1, 0.15) is 20.8 Å². The monoisotopic (exact) mass is 198 g/mol. The number of amides is 1. The van der Waals surface area contributed by atoms with E-state index in [0.29, 0.717) is 6.54 Å². The Hall–Kier alpha value is -1.39. The van der Waals surface area contributed by atoms with Crippen molar-refractivity contribution in [3.8, 4) is 0 Å². The van der Waals surface area contributed by atoms with Crippen molar-refractivity contribution in [2.75, 3.05) is 13.2 Å². The van der Waals surface area contributed by atoms with Gasteiger partial charge in [-0.25, -0.2) is 5.01 Å². The Morgan fingerprint density at radius 1 is 1.64 bits per heavy atom. The highest BCUT2D eigenvalue weighted by Crippen LogP contribution is 2.13. The summed E-state index contributed by atoms with van der Waals surface area (Å²) in [5, 5.41) is 5.41. The van der Waals surface area contributed by atoms with Crippen LogP contribution in [-0.2, 0) is 14.3 Å². The molecular formula is C9H14N2O3. The molecule has 14 heavy (non-hydrogen) atoms. The van der Waals surface area contributed by atoms with Gasteiger partial charge in [0.1, 0.15) is 6.61 Å². The van der Waals surface area contributed by atoms with Gasteiger partial charge >= 0.3 is 5.97 Å². The Labute approximate surface area is 82.7 Å². The van der Waals surface area contributed by atoms with Gasteiger partial charge < -0.3 is 4.74 Å². The number of ether oxygens (including phenoxy) is 1. The minimum atomic E-state index is -0.342. The van der Waals surface area contributed by atoms with E-state index in [1.165, 1.54) is 11.9 Å². The molecule has 1 atom stereocenters. The first-order valence-electron chi connectivity index (χ1n) is 4.52. The Morgan fingerprint density at radius 2 is 2.29 bits per heavy atom. The van der Waals surface area contributed by atoms with Gasteiger partial charge in [0.15, 0.2) is 0 Å². The first-order valence-corrected chi connectivity index (χ1v) is 4.52. The third-order valence-corrected chi connectivity index (χ3v) is 2.14. The molecule has 0 aromatic rings. The van der Waals surface area contributed by atoms with Crippen LogP contribution in [-0.4, -0.2) is 35.7 Å². The molecule has 0 aromatic carbocycles. The predicted octanol–water partition coefficient (Wildman–Crippen LogP) is 0.404. The predicted molar refractivity (Wildman–Crippen MR) is 50.6 cm³/mol. The van der Waals surface area contributed by atoms with Crippen LogP contribution in [0.25, 0.3) is 0 Å². The zero-order valence-electron chi connectivity index (χ0n) is 8.61. The second-order valence-corrected chi connectivity index (χ2v) is 3.26. The highest BCUT2D eigenvalue weighted by Gasteiger charge is 2.29. The average molecular weight is 198 g/mol. The molecule has 0 saturated carbocycles. The van der Waals surface area contributed by atoms with Crippen molar-refractivity contribution < 1.29 is 14.3 Å². The van der Waals surface area contributed by atoms with Crippen molar-refractivity contribution in [3.63, 3.8) is 0 Å². The second kappa shape index (κ2) is 4.21. The van der Waals surface area contributed by atoms with Crippen LogP contribution in [0.2, 0.25) is 0 Å². The van der Waals surface area contributed by atoms with Crippen LogP contribution in [0.5, 0.6) is 0 Å². The Kier molecular flexibility index (Phi) is 3.22. The molecule has 78 valence electrons. The fourth-order valence-corrected chi connectivity index (χ4v) is 1.16. The van der Waals surface area contributed by atoms with Gasteiger partial charge in [-0.3, -0.25) is 9.59 Å². The highest BCUT2D eigenvalue weighted by atomic mass is 16.5. The molecule has 0 bridgehead atoms. The molecule has 0 fully saturated rings. The molecule has 0 N–H and O–H groups in total. The smallest absolute Gasteiger partial charge is 0.302 e. The van der Waals surface area contributed by atoms with E-state index >= 15 is 0 Å². The molecule has 0 radical (unpaired) electrons. The molecule has 0 spiro atoms. The van der Waals surface area contributed by atoms with E-state index in [9.17, 15) is 9.59 Å². The van der Waals surface area contributed by atoms with Crippen molar-refractivity contribution in [1.82, 2.24) is 5.01 Å². The van der Waals surface area contributed by atoms with E-state index in [1.807, 2.05) is 13.8 Å². The van der Waals surface area contributed by atoms with Crippen molar-refractivity contribution >= 4 is 17.6 Å². The summed E-state index contributed by atoms with van der Waals surface area (Å²) in [5.41, 5.74) is 0.804. The topological polar surface area (TPSA) is 59.0 Å². The lowest BCUT2D eigenvalue weighted by molar-refractivity contribution is -0.143. The summed E-state index contributed by atoms with van der Waals surface area (Å²) in [7, 11) is 0. The first kappa shape index (κ1) is 10.7. The van der Waals surface area contributed by atoms with Crippen LogP contribution < -0.4 is 0 Å². The maximum absolute atomic E-state index is 11.5. The standard InChI is InChI=1S/C9H14N2O3/c1-6-7(2)10-11(9(6)13)4-5-14-8(3)12/h6H,4-5H2,1-3H3. The van der Waals surface area contributed by atoms with Crippen LogP contribution in [0.15, 0.2) is 5.10 Å². The lowest BCUT2D eigenvalue weighted by Gasteiger charge is -2.11. The van der Waals surface area contributed by atoms with Gasteiger partial charge in [0, 0.05) is 12.6 Å². The van der Waals surface area contributed by atoms with Gasteiger partial charge in [-0.15, -0.1) is 0 Å². The van der Waals surface area contributed by atoms with Crippen LogP contribution in [0.3, 0.4) is 0 Å². The van der Waals surface area contributed by atoms with Crippen LogP contribution in [0.4, 0.5) is 0 Å². The second-order valence-electron chi connectivity index (χ2n) is 3.26. The summed E-state index contributed by atoms with van der Waals surface area (Å²) >= 11 is 0. The molecule has 0 aliphatic carbocycles. The van der Waals surface area contributed by atoms with Crippen LogP contribution in [0, 0.1) is 5.92 Å². The van der Waals surface area contributed by atoms with Crippen molar-refractivity contribution in [3.05, 3.63) is 0 Å². The van der Waals surface area contributed by atoms with Gasteiger partial charge in [0.25, 0.3) is 5.91 Å². The highest BCUT2D eigenvalue weighted by molar-refractivity contribution is 6.06. The molecule has 1 amide bonds. The minimum Gasteiger partial charge on any atom is -0.464 e. The van der Waals surface area contributed by atoms with E-state index in [-0.39, 0.29) is 24.4 Å². The van der Waals surface area contributed by atoms with Gasteiger partial charge in [0.2, 0.25) is 0 Å². The lowest BCUT2D eigenvalue weighted by atomic mass is 10.1. The lowest BCUT2D eigenvalue weighted by Crippen LogP contribution is -2.29. The van der Waals surface area contributed by atoms with Crippen molar-refractivity contribution in [2.24, 2.45) is 11.0 Å². The molecule has 0 saturated heterocycles. The molecule has 1 aliphatic rings. The Morgan fingerprint density at radius 3 is 2.71 bits per heavy atom. The number of esters is 1. The zero-order chi connectivity index (χ0) is 10.7.